The van der Waals surface area contributed by atoms with Crippen molar-refractivity contribution in [3.8, 4) is 0 Å². The van der Waals surface area contributed by atoms with Crippen LogP contribution in [0.15, 0.2) is 23.8 Å². The van der Waals surface area contributed by atoms with Gasteiger partial charge in [0.2, 0.25) is 10.0 Å². The Morgan fingerprint density at radius 3 is 2.05 bits per heavy atom. The average molecular weight is 323 g/mol. The Morgan fingerprint density at radius 2 is 1.70 bits per heavy atom. The number of halogens is 6. The number of hydrogen-bond donors (Lipinski definition) is 1. The molecule has 0 spiro atoms. The molecule has 20 heavy (non-hydrogen) atoms. The molecule has 1 aliphatic carbocycles. The molecule has 0 fully saturated rings. The second-order valence-electron chi connectivity index (χ2n) is 4.41. The first-order valence-corrected chi connectivity index (χ1v) is 6.77. The van der Waals surface area contributed by atoms with Crippen LogP contribution >= 0.6 is 0 Å². The van der Waals surface area contributed by atoms with Crippen molar-refractivity contribution in [3.05, 3.63) is 23.8 Å². The van der Waals surface area contributed by atoms with Crippen molar-refractivity contribution in [3.63, 3.8) is 0 Å². The number of hydrogen-bond acceptors (Lipinski definition) is 2. The summed E-state index contributed by atoms with van der Waals surface area (Å²) in [5.41, 5.74) is -4.62. The van der Waals surface area contributed by atoms with E-state index in [0.717, 1.165) is 7.05 Å². The Kier molecular flexibility index (Phi) is 4.05. The summed E-state index contributed by atoms with van der Waals surface area (Å²) in [6.07, 6.45) is -9.42. The van der Waals surface area contributed by atoms with Gasteiger partial charge in [0.1, 0.15) is 5.25 Å². The van der Waals surface area contributed by atoms with E-state index in [9.17, 15) is 34.8 Å². The Balaban J connectivity index is 3.46. The van der Waals surface area contributed by atoms with Crippen LogP contribution in [-0.4, -0.2) is 33.1 Å². The summed E-state index contributed by atoms with van der Waals surface area (Å²) in [4.78, 5) is 0. The molecule has 1 aliphatic rings. The van der Waals surface area contributed by atoms with Gasteiger partial charge in [-0.1, -0.05) is 18.2 Å². The van der Waals surface area contributed by atoms with Gasteiger partial charge >= 0.3 is 12.4 Å². The van der Waals surface area contributed by atoms with Crippen molar-refractivity contribution < 1.29 is 34.8 Å². The molecule has 0 amide bonds. The summed E-state index contributed by atoms with van der Waals surface area (Å²) in [5.74, 6) is 0. The monoisotopic (exact) mass is 323 g/mol. The van der Waals surface area contributed by atoms with Gasteiger partial charge in [-0.25, -0.2) is 13.1 Å². The molecule has 0 radical (unpaired) electrons. The second-order valence-corrected chi connectivity index (χ2v) is 6.41. The molecular formula is C10H11F6NO2S. The predicted octanol–water partition coefficient (Wildman–Crippen LogP) is 2.53. The zero-order chi connectivity index (χ0) is 16.0. The van der Waals surface area contributed by atoms with Crippen molar-refractivity contribution in [2.24, 2.45) is 5.41 Å². The molecule has 10 heteroatoms. The average Bonchev–Trinajstić information content (AvgIpc) is 2.26. The van der Waals surface area contributed by atoms with Crippen LogP contribution in [0.4, 0.5) is 26.3 Å². The van der Waals surface area contributed by atoms with E-state index >= 15 is 0 Å². The molecule has 2 unspecified atom stereocenters. The first-order chi connectivity index (χ1) is 8.74. The number of allylic oxidation sites excluding steroid dienone is 2. The molecule has 0 aliphatic heterocycles. The van der Waals surface area contributed by atoms with Crippen molar-refractivity contribution in [2.75, 3.05) is 7.05 Å². The summed E-state index contributed by atoms with van der Waals surface area (Å²) in [7, 11) is -3.56. The first kappa shape index (κ1) is 17.0. The molecule has 1 rings (SSSR count). The van der Waals surface area contributed by atoms with Crippen molar-refractivity contribution >= 4 is 10.0 Å². The molecule has 2 atom stereocenters. The highest BCUT2D eigenvalue weighted by molar-refractivity contribution is 7.90. The lowest BCUT2D eigenvalue weighted by molar-refractivity contribution is -0.185. The third-order valence-corrected chi connectivity index (χ3v) is 4.58. The van der Waals surface area contributed by atoms with Gasteiger partial charge in [0.15, 0.2) is 0 Å². The molecule has 0 aromatic heterocycles. The van der Waals surface area contributed by atoms with E-state index in [1.54, 1.807) is 4.72 Å². The SMILES string of the molecule is CNS(=O)(=O)C1C=CC(C)(C(F)(F)F)C=C1C(F)(F)F. The lowest BCUT2D eigenvalue weighted by Crippen LogP contribution is -2.42. The van der Waals surface area contributed by atoms with Crippen LogP contribution in [-0.2, 0) is 10.0 Å². The zero-order valence-corrected chi connectivity index (χ0v) is 11.1. The molecule has 0 aromatic rings. The van der Waals surface area contributed by atoms with E-state index in [4.69, 9.17) is 0 Å². The molecule has 0 saturated heterocycles. The minimum absolute atomic E-state index is 0.0907. The molecular weight excluding hydrogens is 312 g/mol. The van der Waals surface area contributed by atoms with E-state index in [0.29, 0.717) is 19.1 Å². The number of rotatable bonds is 2. The molecule has 1 N–H and O–H groups in total. The van der Waals surface area contributed by atoms with Gasteiger partial charge in [0.05, 0.1) is 11.0 Å². The minimum atomic E-state index is -5.19. The lowest BCUT2D eigenvalue weighted by atomic mass is 9.82. The largest absolute Gasteiger partial charge is 0.414 e. The zero-order valence-electron chi connectivity index (χ0n) is 10.3. The third kappa shape index (κ3) is 3.00. The number of nitrogens with one attached hydrogen (secondary N) is 1. The summed E-state index contributed by atoms with van der Waals surface area (Å²) in [6, 6.07) is 0. The van der Waals surface area contributed by atoms with Crippen LogP contribution in [0.25, 0.3) is 0 Å². The van der Waals surface area contributed by atoms with Crippen molar-refractivity contribution in [1.82, 2.24) is 4.72 Å². The maximum absolute atomic E-state index is 12.8. The van der Waals surface area contributed by atoms with Gasteiger partial charge in [-0.15, -0.1) is 0 Å². The first-order valence-electron chi connectivity index (χ1n) is 5.23. The third-order valence-electron chi connectivity index (χ3n) is 2.94. The fourth-order valence-electron chi connectivity index (χ4n) is 1.66. The second kappa shape index (κ2) is 4.76. The standard InChI is InChI=1S/C10H11F6NO2S/c1-8(10(14,15)16)4-3-7(20(18,19)17-2)6(5-8)9(11,12)13/h3-5,7,17H,1-2H3. The van der Waals surface area contributed by atoms with Crippen molar-refractivity contribution in [1.29, 1.82) is 0 Å². The van der Waals surface area contributed by atoms with E-state index in [1.165, 1.54) is 0 Å². The fourth-order valence-corrected chi connectivity index (χ4v) is 2.74. The van der Waals surface area contributed by atoms with E-state index in [-0.39, 0.29) is 6.08 Å². The topological polar surface area (TPSA) is 46.2 Å². The molecule has 0 bridgehead atoms. The van der Waals surface area contributed by atoms with Crippen LogP contribution in [0.2, 0.25) is 0 Å². The summed E-state index contributed by atoms with van der Waals surface area (Å²) < 4.78 is 101. The van der Waals surface area contributed by atoms with E-state index in [2.05, 4.69) is 0 Å². The smallest absolute Gasteiger partial charge is 0.218 e. The highest BCUT2D eigenvalue weighted by Gasteiger charge is 2.54. The highest BCUT2D eigenvalue weighted by atomic mass is 32.2. The van der Waals surface area contributed by atoms with Crippen LogP contribution in [0.3, 0.4) is 0 Å². The molecule has 0 saturated carbocycles. The molecule has 0 aromatic carbocycles. The molecule has 3 nitrogen and oxygen atoms in total. The predicted molar refractivity (Wildman–Crippen MR) is 59.2 cm³/mol. The van der Waals surface area contributed by atoms with Crippen LogP contribution in [0.5, 0.6) is 0 Å². The quantitative estimate of drug-likeness (QED) is 0.627. The Labute approximate surface area is 111 Å². The number of sulfonamides is 1. The van der Waals surface area contributed by atoms with Gasteiger partial charge in [-0.3, -0.25) is 0 Å². The van der Waals surface area contributed by atoms with Gasteiger partial charge in [0, 0.05) is 0 Å². The van der Waals surface area contributed by atoms with Gasteiger partial charge < -0.3 is 0 Å². The Morgan fingerprint density at radius 1 is 1.20 bits per heavy atom. The summed E-state index contributed by atoms with van der Waals surface area (Å²) >= 11 is 0. The van der Waals surface area contributed by atoms with Crippen LogP contribution in [0, 0.1) is 5.41 Å². The highest BCUT2D eigenvalue weighted by Crippen LogP contribution is 2.47. The normalized spacial score (nSPS) is 28.4. The maximum atomic E-state index is 12.8. The lowest BCUT2D eigenvalue weighted by Gasteiger charge is -2.32. The molecule has 0 heterocycles. The van der Waals surface area contributed by atoms with Crippen LogP contribution in [0.1, 0.15) is 6.92 Å². The molecule has 116 valence electrons. The Hall–Kier alpha value is -1.03. The number of alkyl halides is 6. The minimum Gasteiger partial charge on any atom is -0.218 e. The summed E-state index contributed by atoms with van der Waals surface area (Å²) in [5, 5.41) is -2.21. The van der Waals surface area contributed by atoms with E-state index in [1.807, 2.05) is 0 Å². The maximum Gasteiger partial charge on any atom is 0.414 e. The van der Waals surface area contributed by atoms with E-state index < -0.39 is 38.6 Å². The van der Waals surface area contributed by atoms with Crippen LogP contribution < -0.4 is 4.72 Å². The van der Waals surface area contributed by atoms with Crippen molar-refractivity contribution in [2.45, 2.75) is 24.5 Å². The fraction of sp³-hybridized carbons (Fsp3) is 0.600. The summed E-state index contributed by atoms with van der Waals surface area (Å²) in [6.45, 7) is 0.539. The van der Waals surface area contributed by atoms with Gasteiger partial charge in [-0.05, 0) is 14.0 Å². The van der Waals surface area contributed by atoms with Gasteiger partial charge in [0.25, 0.3) is 0 Å². The Bertz CT molecular complexity index is 545. The van der Waals surface area contributed by atoms with Gasteiger partial charge in [-0.2, -0.15) is 26.3 Å².